The molecule has 0 atom stereocenters. The van der Waals surface area contributed by atoms with Crippen LogP contribution in [-0.4, -0.2) is 50.6 Å². The first-order chi connectivity index (χ1) is 9.61. The van der Waals surface area contributed by atoms with E-state index in [1.54, 1.807) is 7.11 Å². The third-order valence-corrected chi connectivity index (χ3v) is 3.68. The van der Waals surface area contributed by atoms with E-state index in [0.717, 1.165) is 44.0 Å². The molecule has 0 aliphatic carbocycles. The number of nitrogens with zero attached hydrogens (tertiary/aromatic N) is 1. The number of benzene rings is 1. The molecule has 1 aliphatic rings. The van der Waals surface area contributed by atoms with Crippen molar-refractivity contribution in [1.82, 2.24) is 4.90 Å². The summed E-state index contributed by atoms with van der Waals surface area (Å²) in [4.78, 5) is 14.7. The minimum Gasteiger partial charge on any atom is -0.496 e. The van der Waals surface area contributed by atoms with Gasteiger partial charge in [-0.3, -0.25) is 9.69 Å². The molecule has 1 saturated heterocycles. The van der Waals surface area contributed by atoms with Gasteiger partial charge in [0.05, 0.1) is 25.9 Å². The molecule has 110 valence electrons. The predicted octanol–water partition coefficient (Wildman–Crippen LogP) is 2.22. The van der Waals surface area contributed by atoms with Crippen LogP contribution in [0.3, 0.4) is 0 Å². The number of ether oxygens (including phenoxy) is 2. The number of carbonyl (C=O) groups is 1. The lowest BCUT2D eigenvalue weighted by Gasteiger charge is -2.26. The van der Waals surface area contributed by atoms with Crippen molar-refractivity contribution in [3.8, 4) is 5.75 Å². The van der Waals surface area contributed by atoms with E-state index in [4.69, 9.17) is 9.47 Å². The third-order valence-electron chi connectivity index (χ3n) is 3.68. The lowest BCUT2D eigenvalue weighted by Crippen LogP contribution is -2.37. The monoisotopic (exact) mass is 277 g/mol. The van der Waals surface area contributed by atoms with Crippen LogP contribution in [-0.2, 0) is 4.74 Å². The molecule has 20 heavy (non-hydrogen) atoms. The Bertz CT molecular complexity index is 479. The number of aryl methyl sites for hydroxylation is 2. The number of morpholine rings is 1. The third kappa shape index (κ3) is 3.58. The minimum atomic E-state index is 0.153. The fourth-order valence-electron chi connectivity index (χ4n) is 2.65. The minimum absolute atomic E-state index is 0.153. The largest absolute Gasteiger partial charge is 0.496 e. The summed E-state index contributed by atoms with van der Waals surface area (Å²) in [6, 6.07) is 3.96. The lowest BCUT2D eigenvalue weighted by molar-refractivity contribution is 0.0370. The number of rotatable bonds is 5. The van der Waals surface area contributed by atoms with E-state index < -0.39 is 0 Å². The van der Waals surface area contributed by atoms with Gasteiger partial charge in [-0.05, 0) is 31.0 Å². The fraction of sp³-hybridized carbons (Fsp3) is 0.562. The zero-order valence-electron chi connectivity index (χ0n) is 12.6. The highest BCUT2D eigenvalue weighted by molar-refractivity contribution is 5.99. The Morgan fingerprint density at radius 2 is 2.00 bits per heavy atom. The molecule has 0 unspecified atom stereocenters. The first-order valence-electron chi connectivity index (χ1n) is 7.10. The molecule has 1 aromatic carbocycles. The van der Waals surface area contributed by atoms with Crippen LogP contribution in [0.25, 0.3) is 0 Å². The number of ketones is 1. The van der Waals surface area contributed by atoms with Crippen molar-refractivity contribution in [3.63, 3.8) is 0 Å². The Hall–Kier alpha value is -1.39. The number of methoxy groups -OCH3 is 1. The maximum absolute atomic E-state index is 12.4. The van der Waals surface area contributed by atoms with Crippen LogP contribution in [0.4, 0.5) is 0 Å². The average molecular weight is 277 g/mol. The van der Waals surface area contributed by atoms with Gasteiger partial charge in [0.25, 0.3) is 0 Å². The van der Waals surface area contributed by atoms with Crippen LogP contribution in [0.2, 0.25) is 0 Å². The summed E-state index contributed by atoms with van der Waals surface area (Å²) in [7, 11) is 1.62. The van der Waals surface area contributed by atoms with Gasteiger partial charge in [0.2, 0.25) is 0 Å². The Morgan fingerprint density at radius 1 is 1.30 bits per heavy atom. The summed E-state index contributed by atoms with van der Waals surface area (Å²) < 4.78 is 10.7. The molecule has 1 heterocycles. The average Bonchev–Trinajstić information content (AvgIpc) is 2.45. The lowest BCUT2D eigenvalue weighted by atomic mass is 10.0. The quantitative estimate of drug-likeness (QED) is 0.774. The highest BCUT2D eigenvalue weighted by Gasteiger charge is 2.17. The van der Waals surface area contributed by atoms with E-state index in [9.17, 15) is 4.79 Å². The summed E-state index contributed by atoms with van der Waals surface area (Å²) in [5, 5.41) is 0. The van der Waals surface area contributed by atoms with Crippen molar-refractivity contribution in [2.45, 2.75) is 20.3 Å². The molecular formula is C16H23NO3. The van der Waals surface area contributed by atoms with Gasteiger partial charge in [0.1, 0.15) is 5.75 Å². The number of carbonyl (C=O) groups excluding carboxylic acids is 1. The van der Waals surface area contributed by atoms with Crippen molar-refractivity contribution in [2.75, 3.05) is 40.0 Å². The number of Topliss-reactive ketones (excluding diaryl/α,β-unsaturated/α-hetero) is 1. The molecule has 0 N–H and O–H groups in total. The van der Waals surface area contributed by atoms with Gasteiger partial charge in [0, 0.05) is 26.1 Å². The predicted molar refractivity (Wildman–Crippen MR) is 78.7 cm³/mol. The van der Waals surface area contributed by atoms with E-state index >= 15 is 0 Å². The SMILES string of the molecule is COc1c(C)cc(C)cc1C(=O)CCN1CCOCC1. The van der Waals surface area contributed by atoms with Crippen LogP contribution in [0, 0.1) is 13.8 Å². The van der Waals surface area contributed by atoms with Crippen molar-refractivity contribution in [2.24, 2.45) is 0 Å². The molecule has 1 fully saturated rings. The number of hydrogen-bond donors (Lipinski definition) is 0. The Morgan fingerprint density at radius 3 is 2.65 bits per heavy atom. The van der Waals surface area contributed by atoms with E-state index in [2.05, 4.69) is 4.90 Å². The van der Waals surface area contributed by atoms with Gasteiger partial charge in [-0.25, -0.2) is 0 Å². The standard InChI is InChI=1S/C16H23NO3/c1-12-10-13(2)16(19-3)14(11-12)15(18)4-5-17-6-8-20-9-7-17/h10-11H,4-9H2,1-3H3. The molecule has 1 aromatic rings. The smallest absolute Gasteiger partial charge is 0.167 e. The van der Waals surface area contributed by atoms with Gasteiger partial charge >= 0.3 is 0 Å². The molecular weight excluding hydrogens is 254 g/mol. The molecule has 4 heteroatoms. The molecule has 2 rings (SSSR count). The van der Waals surface area contributed by atoms with E-state index in [0.29, 0.717) is 17.7 Å². The fourth-order valence-corrected chi connectivity index (χ4v) is 2.65. The zero-order chi connectivity index (χ0) is 14.5. The molecule has 0 spiro atoms. The van der Waals surface area contributed by atoms with E-state index in [1.807, 2.05) is 26.0 Å². The van der Waals surface area contributed by atoms with Gasteiger partial charge in [-0.15, -0.1) is 0 Å². The molecule has 0 amide bonds. The Balaban J connectivity index is 2.04. The maximum Gasteiger partial charge on any atom is 0.167 e. The maximum atomic E-state index is 12.4. The second-order valence-corrected chi connectivity index (χ2v) is 5.29. The second kappa shape index (κ2) is 6.86. The van der Waals surface area contributed by atoms with Crippen molar-refractivity contribution < 1.29 is 14.3 Å². The van der Waals surface area contributed by atoms with E-state index in [1.165, 1.54) is 0 Å². The van der Waals surface area contributed by atoms with Gasteiger partial charge < -0.3 is 9.47 Å². The summed E-state index contributed by atoms with van der Waals surface area (Å²) in [6.07, 6.45) is 0.527. The van der Waals surface area contributed by atoms with Gasteiger partial charge in [0.15, 0.2) is 5.78 Å². The van der Waals surface area contributed by atoms with Crippen molar-refractivity contribution in [3.05, 3.63) is 28.8 Å². The number of hydrogen-bond acceptors (Lipinski definition) is 4. The van der Waals surface area contributed by atoms with Crippen LogP contribution in [0.15, 0.2) is 12.1 Å². The molecule has 0 bridgehead atoms. The van der Waals surface area contributed by atoms with Crippen LogP contribution < -0.4 is 4.74 Å². The van der Waals surface area contributed by atoms with Crippen molar-refractivity contribution >= 4 is 5.78 Å². The second-order valence-electron chi connectivity index (χ2n) is 5.29. The van der Waals surface area contributed by atoms with Crippen LogP contribution in [0.5, 0.6) is 5.75 Å². The summed E-state index contributed by atoms with van der Waals surface area (Å²) in [5.41, 5.74) is 2.82. The first-order valence-corrected chi connectivity index (χ1v) is 7.10. The molecule has 1 aliphatic heterocycles. The Labute approximate surface area is 120 Å². The van der Waals surface area contributed by atoms with E-state index in [-0.39, 0.29) is 5.78 Å². The molecule has 0 radical (unpaired) electrons. The zero-order valence-corrected chi connectivity index (χ0v) is 12.6. The highest BCUT2D eigenvalue weighted by Crippen LogP contribution is 2.26. The van der Waals surface area contributed by atoms with Crippen LogP contribution >= 0.6 is 0 Å². The summed E-state index contributed by atoms with van der Waals surface area (Å²) in [6.45, 7) is 8.13. The van der Waals surface area contributed by atoms with Crippen molar-refractivity contribution in [1.29, 1.82) is 0 Å². The van der Waals surface area contributed by atoms with Gasteiger partial charge in [-0.2, -0.15) is 0 Å². The molecule has 0 saturated carbocycles. The topological polar surface area (TPSA) is 38.8 Å². The Kier molecular flexibility index (Phi) is 5.15. The van der Waals surface area contributed by atoms with Gasteiger partial charge in [-0.1, -0.05) is 6.07 Å². The first kappa shape index (κ1) is 15.0. The summed E-state index contributed by atoms with van der Waals surface area (Å²) in [5.74, 6) is 0.864. The normalized spacial score (nSPS) is 16.1. The molecule has 4 nitrogen and oxygen atoms in total. The molecule has 0 aromatic heterocycles. The highest BCUT2D eigenvalue weighted by atomic mass is 16.5. The van der Waals surface area contributed by atoms with Crippen LogP contribution in [0.1, 0.15) is 27.9 Å². The summed E-state index contributed by atoms with van der Waals surface area (Å²) >= 11 is 0.